The zero-order valence-electron chi connectivity index (χ0n) is 9.41. The minimum Gasteiger partial charge on any atom is -0.480 e. The Morgan fingerprint density at radius 2 is 2.07 bits per heavy atom. The van der Waals surface area contributed by atoms with E-state index < -0.39 is 17.6 Å². The van der Waals surface area contributed by atoms with Crippen LogP contribution in [0.5, 0.6) is 0 Å². The molecule has 0 unspecified atom stereocenters. The summed E-state index contributed by atoms with van der Waals surface area (Å²) in [5.41, 5.74) is -0.696. The lowest BCUT2D eigenvalue weighted by Crippen LogP contribution is -2.55. The maximum Gasteiger partial charge on any atom is 0.326 e. The monoisotopic (exact) mass is 214 g/mol. The van der Waals surface area contributed by atoms with Gasteiger partial charge in [-0.25, -0.2) is 4.79 Å². The molecule has 1 saturated heterocycles. The highest BCUT2D eigenvalue weighted by atomic mass is 16.4. The lowest BCUT2D eigenvalue weighted by Gasteiger charge is -2.31. The number of carbonyl (C=O) groups is 2. The molecule has 1 aliphatic heterocycles. The van der Waals surface area contributed by atoms with E-state index in [1.165, 1.54) is 4.90 Å². The second kappa shape index (κ2) is 4.18. The van der Waals surface area contributed by atoms with Crippen molar-refractivity contribution in [2.24, 2.45) is 0 Å². The van der Waals surface area contributed by atoms with Crippen LogP contribution in [0.3, 0.4) is 0 Å². The topological polar surface area (TPSA) is 69.6 Å². The smallest absolute Gasteiger partial charge is 0.326 e. The molecule has 0 aliphatic carbocycles. The standard InChI is InChI=1S/C10H18N2O3/c1-10(2,11-3)9(15)12-6-4-5-7(12)8(13)14/h7,11H,4-6H2,1-3H3,(H,13,14)/t7-/m1/s1. The van der Waals surface area contributed by atoms with Crippen LogP contribution in [0.1, 0.15) is 26.7 Å². The number of likely N-dealkylation sites (N-methyl/N-ethyl adjacent to an activating group) is 1. The molecular formula is C10H18N2O3. The molecule has 5 heteroatoms. The van der Waals surface area contributed by atoms with Crippen molar-refractivity contribution in [2.75, 3.05) is 13.6 Å². The highest BCUT2D eigenvalue weighted by molar-refractivity contribution is 5.90. The van der Waals surface area contributed by atoms with E-state index in [0.29, 0.717) is 13.0 Å². The van der Waals surface area contributed by atoms with Crippen LogP contribution in [0.25, 0.3) is 0 Å². The van der Waals surface area contributed by atoms with Gasteiger partial charge in [-0.3, -0.25) is 4.79 Å². The molecule has 15 heavy (non-hydrogen) atoms. The van der Waals surface area contributed by atoms with E-state index in [4.69, 9.17) is 5.11 Å². The second-order valence-electron chi connectivity index (χ2n) is 4.37. The first kappa shape index (κ1) is 12.0. The van der Waals surface area contributed by atoms with Crippen molar-refractivity contribution in [3.05, 3.63) is 0 Å². The molecule has 0 spiro atoms. The maximum absolute atomic E-state index is 12.0. The van der Waals surface area contributed by atoms with E-state index in [1.54, 1.807) is 20.9 Å². The molecule has 1 atom stereocenters. The molecule has 1 heterocycles. The van der Waals surface area contributed by atoms with Crippen molar-refractivity contribution in [3.63, 3.8) is 0 Å². The Labute approximate surface area is 89.4 Å². The van der Waals surface area contributed by atoms with Crippen molar-refractivity contribution < 1.29 is 14.7 Å². The number of carbonyl (C=O) groups excluding carboxylic acids is 1. The first-order valence-corrected chi connectivity index (χ1v) is 5.13. The maximum atomic E-state index is 12.0. The summed E-state index contributed by atoms with van der Waals surface area (Å²) in [5, 5.41) is 11.8. The summed E-state index contributed by atoms with van der Waals surface area (Å²) < 4.78 is 0. The summed E-state index contributed by atoms with van der Waals surface area (Å²) in [5.74, 6) is -1.05. The van der Waals surface area contributed by atoms with Crippen LogP contribution in [0.2, 0.25) is 0 Å². The molecule has 0 aromatic rings. The molecule has 1 rings (SSSR count). The number of carboxylic acids is 1. The fourth-order valence-corrected chi connectivity index (χ4v) is 1.73. The summed E-state index contributed by atoms with van der Waals surface area (Å²) in [6, 6.07) is -0.648. The highest BCUT2D eigenvalue weighted by Crippen LogP contribution is 2.21. The molecule has 5 nitrogen and oxygen atoms in total. The van der Waals surface area contributed by atoms with E-state index in [2.05, 4.69) is 5.32 Å². The highest BCUT2D eigenvalue weighted by Gasteiger charge is 2.39. The first-order chi connectivity index (χ1) is 6.90. The van der Waals surface area contributed by atoms with Gasteiger partial charge in [0.25, 0.3) is 0 Å². The third kappa shape index (κ3) is 2.28. The summed E-state index contributed by atoms with van der Waals surface area (Å²) in [6.07, 6.45) is 1.32. The average Bonchev–Trinajstić information content (AvgIpc) is 2.64. The first-order valence-electron chi connectivity index (χ1n) is 5.13. The zero-order chi connectivity index (χ0) is 11.6. The SMILES string of the molecule is CNC(C)(C)C(=O)N1CCC[C@@H]1C(=O)O. The number of likely N-dealkylation sites (tertiary alicyclic amines) is 1. The Hall–Kier alpha value is -1.10. The number of hydrogen-bond acceptors (Lipinski definition) is 3. The largest absolute Gasteiger partial charge is 0.480 e. The van der Waals surface area contributed by atoms with Gasteiger partial charge in [-0.2, -0.15) is 0 Å². The molecule has 0 saturated carbocycles. The van der Waals surface area contributed by atoms with E-state index in [1.807, 2.05) is 0 Å². The van der Waals surface area contributed by atoms with Crippen LogP contribution in [-0.4, -0.2) is 47.1 Å². The summed E-state index contributed by atoms with van der Waals surface area (Å²) in [7, 11) is 1.70. The zero-order valence-corrected chi connectivity index (χ0v) is 9.41. The molecule has 2 N–H and O–H groups in total. The number of nitrogens with zero attached hydrogens (tertiary/aromatic N) is 1. The number of hydrogen-bond donors (Lipinski definition) is 2. The third-order valence-electron chi connectivity index (χ3n) is 2.96. The van der Waals surface area contributed by atoms with Gasteiger partial charge in [0, 0.05) is 6.54 Å². The quantitative estimate of drug-likeness (QED) is 0.697. The van der Waals surface area contributed by atoms with Crippen LogP contribution in [0.15, 0.2) is 0 Å². The van der Waals surface area contributed by atoms with Crippen molar-refractivity contribution in [1.82, 2.24) is 10.2 Å². The van der Waals surface area contributed by atoms with Gasteiger partial charge >= 0.3 is 5.97 Å². The molecule has 1 fully saturated rings. The average molecular weight is 214 g/mol. The Morgan fingerprint density at radius 1 is 1.47 bits per heavy atom. The molecule has 86 valence electrons. The Bertz CT molecular complexity index is 276. The number of amides is 1. The Balaban J connectivity index is 2.79. The van der Waals surface area contributed by atoms with Gasteiger partial charge in [-0.05, 0) is 33.7 Å². The third-order valence-corrected chi connectivity index (χ3v) is 2.96. The van der Waals surface area contributed by atoms with Crippen LogP contribution in [0.4, 0.5) is 0 Å². The summed E-state index contributed by atoms with van der Waals surface area (Å²) >= 11 is 0. The molecule has 1 amide bonds. The fourth-order valence-electron chi connectivity index (χ4n) is 1.73. The fraction of sp³-hybridized carbons (Fsp3) is 0.800. The second-order valence-corrected chi connectivity index (χ2v) is 4.37. The van der Waals surface area contributed by atoms with Crippen molar-refractivity contribution >= 4 is 11.9 Å². The van der Waals surface area contributed by atoms with Crippen molar-refractivity contribution in [1.29, 1.82) is 0 Å². The van der Waals surface area contributed by atoms with Crippen molar-refractivity contribution in [2.45, 2.75) is 38.3 Å². The lowest BCUT2D eigenvalue weighted by molar-refractivity contribution is -0.150. The van der Waals surface area contributed by atoms with E-state index in [0.717, 1.165) is 6.42 Å². The van der Waals surface area contributed by atoms with E-state index in [-0.39, 0.29) is 5.91 Å². The van der Waals surface area contributed by atoms with Crippen LogP contribution in [0, 0.1) is 0 Å². The minimum atomic E-state index is -0.909. The number of nitrogens with one attached hydrogen (secondary N) is 1. The Morgan fingerprint density at radius 3 is 2.53 bits per heavy atom. The summed E-state index contributed by atoms with van der Waals surface area (Å²) in [6.45, 7) is 4.06. The van der Waals surface area contributed by atoms with Gasteiger partial charge in [0.15, 0.2) is 0 Å². The molecule has 1 aliphatic rings. The van der Waals surface area contributed by atoms with Gasteiger partial charge < -0.3 is 15.3 Å². The van der Waals surface area contributed by atoms with Gasteiger partial charge in [-0.1, -0.05) is 0 Å². The molecule has 0 radical (unpaired) electrons. The van der Waals surface area contributed by atoms with Crippen molar-refractivity contribution in [3.8, 4) is 0 Å². The van der Waals surface area contributed by atoms with E-state index >= 15 is 0 Å². The van der Waals surface area contributed by atoms with Gasteiger partial charge in [-0.15, -0.1) is 0 Å². The Kier molecular flexibility index (Phi) is 3.34. The molecular weight excluding hydrogens is 196 g/mol. The van der Waals surface area contributed by atoms with Gasteiger partial charge in [0.1, 0.15) is 6.04 Å². The molecule has 0 aromatic heterocycles. The molecule has 0 bridgehead atoms. The van der Waals surface area contributed by atoms with E-state index in [9.17, 15) is 9.59 Å². The minimum absolute atomic E-state index is 0.144. The van der Waals surface area contributed by atoms with Crippen LogP contribution in [-0.2, 0) is 9.59 Å². The van der Waals surface area contributed by atoms with Gasteiger partial charge in [0.05, 0.1) is 5.54 Å². The number of rotatable bonds is 3. The predicted octanol–water partition coefficient (Wildman–Crippen LogP) is 0.0600. The van der Waals surface area contributed by atoms with Crippen LogP contribution >= 0.6 is 0 Å². The van der Waals surface area contributed by atoms with Gasteiger partial charge in [0.2, 0.25) is 5.91 Å². The lowest BCUT2D eigenvalue weighted by atomic mass is 10.0. The predicted molar refractivity (Wildman–Crippen MR) is 55.5 cm³/mol. The normalized spacial score (nSPS) is 21.8. The molecule has 0 aromatic carbocycles. The summed E-state index contributed by atoms with van der Waals surface area (Å²) in [4.78, 5) is 24.4. The number of aliphatic carboxylic acids is 1. The number of carboxylic acid groups (broad SMARTS) is 1. The van der Waals surface area contributed by atoms with Crippen LogP contribution < -0.4 is 5.32 Å².